The van der Waals surface area contributed by atoms with Crippen LogP contribution in [0.5, 0.6) is 0 Å². The number of carbonyl (C=O) groups excluding carboxylic acids is 2. The van der Waals surface area contributed by atoms with Gasteiger partial charge in [-0.15, -0.1) is 0 Å². The van der Waals surface area contributed by atoms with Gasteiger partial charge in [0, 0.05) is 51.4 Å². The maximum absolute atomic E-state index is 12.9. The minimum Gasteiger partial charge on any atom is -0.383 e. The molecule has 144 valence electrons. The number of nitrogens with zero attached hydrogens (tertiary/aromatic N) is 3. The second-order valence-corrected chi connectivity index (χ2v) is 7.56. The maximum atomic E-state index is 12.9. The number of hydrogen-bond acceptors (Lipinski definition) is 4. The molecule has 2 fully saturated rings. The molecule has 0 aliphatic carbocycles. The van der Waals surface area contributed by atoms with Crippen LogP contribution in [0, 0.1) is 0 Å². The van der Waals surface area contributed by atoms with Crippen molar-refractivity contribution in [3.05, 3.63) is 0 Å². The van der Waals surface area contributed by atoms with Gasteiger partial charge >= 0.3 is 11.8 Å². The van der Waals surface area contributed by atoms with Crippen molar-refractivity contribution in [2.24, 2.45) is 0 Å². The van der Waals surface area contributed by atoms with Gasteiger partial charge < -0.3 is 14.5 Å². The fourth-order valence-corrected chi connectivity index (χ4v) is 4.25. The topological polar surface area (TPSA) is 53.1 Å². The number of carbonyl (C=O) groups is 2. The van der Waals surface area contributed by atoms with Gasteiger partial charge in [0.15, 0.2) is 0 Å². The normalized spacial score (nSPS) is 28.2. The highest BCUT2D eigenvalue weighted by molar-refractivity contribution is 6.35. The molecule has 2 heterocycles. The highest BCUT2D eigenvalue weighted by Gasteiger charge is 2.37. The summed E-state index contributed by atoms with van der Waals surface area (Å²) in [7, 11) is 1.72. The molecule has 2 saturated heterocycles. The van der Waals surface area contributed by atoms with Gasteiger partial charge in [0.2, 0.25) is 0 Å². The van der Waals surface area contributed by atoms with E-state index in [4.69, 9.17) is 4.74 Å². The number of likely N-dealkylation sites (tertiary alicyclic amines) is 1. The highest BCUT2D eigenvalue weighted by atomic mass is 16.5. The smallest absolute Gasteiger partial charge is 0.312 e. The Hall–Kier alpha value is -1.14. The van der Waals surface area contributed by atoms with Crippen LogP contribution >= 0.6 is 0 Å². The van der Waals surface area contributed by atoms with Crippen molar-refractivity contribution in [3.8, 4) is 0 Å². The molecule has 6 heteroatoms. The molecule has 0 aromatic heterocycles. The van der Waals surface area contributed by atoms with Gasteiger partial charge in [0.25, 0.3) is 0 Å². The van der Waals surface area contributed by atoms with E-state index in [-0.39, 0.29) is 23.9 Å². The van der Waals surface area contributed by atoms with Crippen LogP contribution in [-0.4, -0.2) is 84.5 Å². The van der Waals surface area contributed by atoms with E-state index in [2.05, 4.69) is 25.7 Å². The number of piperidine rings is 1. The molecule has 6 nitrogen and oxygen atoms in total. The second-order valence-electron chi connectivity index (χ2n) is 7.56. The summed E-state index contributed by atoms with van der Waals surface area (Å²) < 4.78 is 5.20. The van der Waals surface area contributed by atoms with Crippen LogP contribution < -0.4 is 0 Å². The van der Waals surface area contributed by atoms with Crippen LogP contribution in [-0.2, 0) is 14.3 Å². The van der Waals surface area contributed by atoms with Crippen LogP contribution in [0.1, 0.15) is 52.9 Å². The van der Waals surface area contributed by atoms with Crippen LogP contribution in [0.25, 0.3) is 0 Å². The molecule has 0 aromatic rings. The summed E-state index contributed by atoms with van der Waals surface area (Å²) in [5.41, 5.74) is 0. The lowest BCUT2D eigenvalue weighted by atomic mass is 9.97. The van der Waals surface area contributed by atoms with Gasteiger partial charge in [-0.3, -0.25) is 14.5 Å². The van der Waals surface area contributed by atoms with Gasteiger partial charge in [-0.1, -0.05) is 13.3 Å². The third-order valence-corrected chi connectivity index (χ3v) is 5.71. The molecule has 0 saturated carbocycles. The summed E-state index contributed by atoms with van der Waals surface area (Å²) in [6.45, 7) is 9.97. The Morgan fingerprint density at radius 1 is 1.08 bits per heavy atom. The van der Waals surface area contributed by atoms with Crippen molar-refractivity contribution in [2.75, 3.05) is 39.9 Å². The molecule has 3 atom stereocenters. The third-order valence-electron chi connectivity index (χ3n) is 5.71. The SMILES string of the molecule is CCC[C@@H]1CN(C(=O)C(=O)N2[C@@H](C)CCC[C@@H]2C)CCN1CCOC. The van der Waals surface area contributed by atoms with E-state index in [0.717, 1.165) is 45.2 Å². The van der Waals surface area contributed by atoms with E-state index in [0.29, 0.717) is 25.7 Å². The fourth-order valence-electron chi connectivity index (χ4n) is 4.25. The zero-order valence-electron chi connectivity index (χ0n) is 16.4. The predicted octanol–water partition coefficient (Wildman–Crippen LogP) is 1.74. The van der Waals surface area contributed by atoms with Crippen LogP contribution in [0.2, 0.25) is 0 Å². The Morgan fingerprint density at radius 3 is 2.36 bits per heavy atom. The van der Waals surface area contributed by atoms with Crippen LogP contribution in [0.15, 0.2) is 0 Å². The third kappa shape index (κ3) is 4.94. The summed E-state index contributed by atoms with van der Waals surface area (Å²) >= 11 is 0. The quantitative estimate of drug-likeness (QED) is 0.707. The van der Waals surface area contributed by atoms with Gasteiger partial charge in [-0.25, -0.2) is 0 Å². The minimum absolute atomic E-state index is 0.162. The lowest BCUT2D eigenvalue weighted by Gasteiger charge is -2.43. The summed E-state index contributed by atoms with van der Waals surface area (Å²) in [5, 5.41) is 0. The predicted molar refractivity (Wildman–Crippen MR) is 98.3 cm³/mol. The average Bonchev–Trinajstić information content (AvgIpc) is 2.60. The lowest BCUT2D eigenvalue weighted by molar-refractivity contribution is -0.157. The van der Waals surface area contributed by atoms with E-state index < -0.39 is 0 Å². The van der Waals surface area contributed by atoms with E-state index >= 15 is 0 Å². The van der Waals surface area contributed by atoms with Crippen molar-refractivity contribution in [2.45, 2.75) is 71.0 Å². The first kappa shape index (κ1) is 20.2. The fraction of sp³-hybridized carbons (Fsp3) is 0.895. The number of amides is 2. The van der Waals surface area contributed by atoms with Gasteiger partial charge in [-0.05, 0) is 39.5 Å². The van der Waals surface area contributed by atoms with E-state index in [1.54, 1.807) is 12.0 Å². The monoisotopic (exact) mass is 353 g/mol. The number of hydrogen-bond donors (Lipinski definition) is 0. The Kier molecular flexibility index (Phi) is 7.69. The first-order chi connectivity index (χ1) is 12.0. The van der Waals surface area contributed by atoms with E-state index in [9.17, 15) is 9.59 Å². The Bertz CT molecular complexity index is 447. The van der Waals surface area contributed by atoms with Gasteiger partial charge in [0.05, 0.1) is 6.61 Å². The standard InChI is InChI=1S/C19H35N3O3/c1-5-7-17-14-21(11-10-20(17)12-13-25-4)18(23)19(24)22-15(2)8-6-9-16(22)3/h15-17H,5-14H2,1-4H3/t15-,16-,17+/m0/s1. The highest BCUT2D eigenvalue weighted by Crippen LogP contribution is 2.23. The van der Waals surface area contributed by atoms with E-state index in [1.165, 1.54) is 0 Å². The molecule has 2 aliphatic heterocycles. The van der Waals surface area contributed by atoms with Crippen molar-refractivity contribution in [1.82, 2.24) is 14.7 Å². The maximum Gasteiger partial charge on any atom is 0.312 e. The second kappa shape index (κ2) is 9.53. The Labute approximate surface area is 152 Å². The van der Waals surface area contributed by atoms with Crippen molar-refractivity contribution < 1.29 is 14.3 Å². The molecule has 0 aromatic carbocycles. The van der Waals surface area contributed by atoms with Crippen molar-refractivity contribution in [1.29, 1.82) is 0 Å². The van der Waals surface area contributed by atoms with Crippen molar-refractivity contribution in [3.63, 3.8) is 0 Å². The van der Waals surface area contributed by atoms with Crippen LogP contribution in [0.3, 0.4) is 0 Å². The summed E-state index contributed by atoms with van der Waals surface area (Å²) in [6, 6.07) is 0.645. The molecule has 0 bridgehead atoms. The van der Waals surface area contributed by atoms with Gasteiger partial charge in [-0.2, -0.15) is 0 Å². The minimum atomic E-state index is -0.312. The van der Waals surface area contributed by atoms with Crippen molar-refractivity contribution >= 4 is 11.8 Å². The molecule has 25 heavy (non-hydrogen) atoms. The molecule has 0 spiro atoms. The molecule has 2 amide bonds. The molecule has 0 N–H and O–H groups in total. The summed E-state index contributed by atoms with van der Waals surface area (Å²) in [4.78, 5) is 31.7. The molecule has 2 aliphatic rings. The molecular formula is C19H35N3O3. The first-order valence-corrected chi connectivity index (χ1v) is 9.84. The van der Waals surface area contributed by atoms with Gasteiger partial charge in [0.1, 0.15) is 0 Å². The first-order valence-electron chi connectivity index (χ1n) is 9.84. The zero-order chi connectivity index (χ0) is 18.4. The number of rotatable bonds is 5. The average molecular weight is 354 g/mol. The van der Waals surface area contributed by atoms with Crippen LogP contribution in [0.4, 0.5) is 0 Å². The summed E-state index contributed by atoms with van der Waals surface area (Å²) in [6.07, 6.45) is 5.23. The Balaban J connectivity index is 2.00. The largest absolute Gasteiger partial charge is 0.383 e. The molecular weight excluding hydrogens is 318 g/mol. The molecule has 0 radical (unpaired) electrons. The lowest BCUT2D eigenvalue weighted by Crippen LogP contribution is -2.59. The number of piperazine rings is 1. The zero-order valence-corrected chi connectivity index (χ0v) is 16.4. The Morgan fingerprint density at radius 2 is 1.76 bits per heavy atom. The number of ether oxygens (including phenoxy) is 1. The molecule has 2 rings (SSSR count). The molecule has 0 unspecified atom stereocenters. The summed E-state index contributed by atoms with van der Waals surface area (Å²) in [5.74, 6) is -0.617. The van der Waals surface area contributed by atoms with E-state index in [1.807, 2.05) is 4.90 Å². The number of methoxy groups -OCH3 is 1.